The second-order valence-electron chi connectivity index (χ2n) is 8.72. The van der Waals surface area contributed by atoms with Crippen molar-refractivity contribution in [1.29, 1.82) is 0 Å². The van der Waals surface area contributed by atoms with Crippen LogP contribution >= 0.6 is 0 Å². The van der Waals surface area contributed by atoms with Crippen LogP contribution in [0.25, 0.3) is 0 Å². The number of aliphatic imine (C=N–C) groups is 1. The van der Waals surface area contributed by atoms with Gasteiger partial charge in [-0.15, -0.1) is 0 Å². The number of fused-ring (bicyclic) bond motifs is 1. The van der Waals surface area contributed by atoms with E-state index in [2.05, 4.69) is 53.2 Å². The second kappa shape index (κ2) is 8.83. The third kappa shape index (κ3) is 4.20. The molecular weight excluding hydrogens is 348 g/mol. The number of nitrogens with zero attached hydrogens (tertiary/aromatic N) is 3. The first-order chi connectivity index (χ1) is 13.7. The van der Waals surface area contributed by atoms with Gasteiger partial charge in [-0.1, -0.05) is 31.2 Å². The summed E-state index contributed by atoms with van der Waals surface area (Å²) < 4.78 is 5.70. The third-order valence-corrected chi connectivity index (χ3v) is 6.86. The molecule has 0 amide bonds. The summed E-state index contributed by atoms with van der Waals surface area (Å²) in [6, 6.07) is 9.41. The predicted molar refractivity (Wildman–Crippen MR) is 115 cm³/mol. The molecule has 154 valence electrons. The first-order valence-corrected chi connectivity index (χ1v) is 11.1. The fraction of sp³-hybridized carbons (Fsp3) is 0.696. The lowest BCUT2D eigenvalue weighted by molar-refractivity contribution is 0.156. The van der Waals surface area contributed by atoms with E-state index in [1.165, 1.54) is 24.0 Å². The molecule has 2 fully saturated rings. The molecule has 5 nitrogen and oxygen atoms in total. The van der Waals surface area contributed by atoms with Gasteiger partial charge in [-0.3, -0.25) is 9.89 Å². The zero-order valence-electron chi connectivity index (χ0n) is 17.6. The Morgan fingerprint density at radius 3 is 2.82 bits per heavy atom. The van der Waals surface area contributed by atoms with Gasteiger partial charge >= 0.3 is 0 Å². The smallest absolute Gasteiger partial charge is 0.193 e. The molecule has 2 saturated heterocycles. The van der Waals surface area contributed by atoms with E-state index in [0.29, 0.717) is 11.5 Å². The van der Waals surface area contributed by atoms with Crippen molar-refractivity contribution in [3.8, 4) is 0 Å². The fourth-order valence-corrected chi connectivity index (χ4v) is 5.04. The molecule has 3 heterocycles. The molecule has 0 bridgehead atoms. The SMILES string of the molecule is CCNC(=NCC(CC)N1CCc2ccccc2C1)N1CCC2(CCOC2)C1. The summed E-state index contributed by atoms with van der Waals surface area (Å²) in [6.07, 6.45) is 4.74. The van der Waals surface area contributed by atoms with Gasteiger partial charge in [-0.2, -0.15) is 0 Å². The molecule has 0 aliphatic carbocycles. The van der Waals surface area contributed by atoms with Gasteiger partial charge in [-0.25, -0.2) is 0 Å². The van der Waals surface area contributed by atoms with Crippen molar-refractivity contribution in [3.63, 3.8) is 0 Å². The molecule has 0 aromatic heterocycles. The third-order valence-electron chi connectivity index (χ3n) is 6.86. The van der Waals surface area contributed by atoms with Crippen molar-refractivity contribution < 1.29 is 4.74 Å². The Morgan fingerprint density at radius 1 is 1.21 bits per heavy atom. The first-order valence-electron chi connectivity index (χ1n) is 11.1. The van der Waals surface area contributed by atoms with Crippen molar-refractivity contribution in [2.24, 2.45) is 10.4 Å². The summed E-state index contributed by atoms with van der Waals surface area (Å²) in [5.41, 5.74) is 3.38. The number of ether oxygens (including phenoxy) is 1. The molecule has 1 aromatic carbocycles. The lowest BCUT2D eigenvalue weighted by atomic mass is 9.87. The Labute approximate surface area is 170 Å². The van der Waals surface area contributed by atoms with E-state index >= 15 is 0 Å². The van der Waals surface area contributed by atoms with Crippen molar-refractivity contribution in [2.75, 3.05) is 45.9 Å². The highest BCUT2D eigenvalue weighted by Gasteiger charge is 2.42. The van der Waals surface area contributed by atoms with Crippen LogP contribution in [-0.4, -0.2) is 67.7 Å². The average molecular weight is 385 g/mol. The van der Waals surface area contributed by atoms with Crippen LogP contribution in [0.15, 0.2) is 29.3 Å². The van der Waals surface area contributed by atoms with Crippen LogP contribution < -0.4 is 5.32 Å². The Balaban J connectivity index is 1.41. The zero-order valence-corrected chi connectivity index (χ0v) is 17.6. The molecule has 2 unspecified atom stereocenters. The summed E-state index contributed by atoms with van der Waals surface area (Å²) in [5, 5.41) is 3.55. The lowest BCUT2D eigenvalue weighted by Gasteiger charge is -2.35. The fourth-order valence-electron chi connectivity index (χ4n) is 5.04. The standard InChI is InChI=1S/C23H36N4O/c1-3-21(26-12-9-19-7-5-6-8-20(19)16-26)15-25-22(24-4-2)27-13-10-23(17-27)11-14-28-18-23/h5-8,21H,3-4,9-18H2,1-2H3,(H,24,25). The van der Waals surface area contributed by atoms with Gasteiger partial charge in [0.2, 0.25) is 0 Å². The molecule has 0 saturated carbocycles. The summed E-state index contributed by atoms with van der Waals surface area (Å²) in [4.78, 5) is 10.2. The Bertz CT molecular complexity index is 683. The number of guanidine groups is 1. The van der Waals surface area contributed by atoms with Crippen LogP contribution in [0, 0.1) is 5.41 Å². The Morgan fingerprint density at radius 2 is 2.07 bits per heavy atom. The minimum atomic E-state index is 0.372. The quantitative estimate of drug-likeness (QED) is 0.626. The maximum atomic E-state index is 5.70. The van der Waals surface area contributed by atoms with Crippen molar-refractivity contribution in [2.45, 2.75) is 52.1 Å². The minimum Gasteiger partial charge on any atom is -0.381 e. The number of nitrogens with one attached hydrogen (secondary N) is 1. The first kappa shape index (κ1) is 19.7. The number of hydrogen-bond donors (Lipinski definition) is 1. The van der Waals surface area contributed by atoms with Crippen LogP contribution in [0.5, 0.6) is 0 Å². The van der Waals surface area contributed by atoms with E-state index in [-0.39, 0.29) is 0 Å². The number of likely N-dealkylation sites (tertiary alicyclic amines) is 1. The molecule has 0 radical (unpaired) electrons. The Kier molecular flexibility index (Phi) is 6.22. The monoisotopic (exact) mass is 384 g/mol. The van der Waals surface area contributed by atoms with Gasteiger partial charge in [0.15, 0.2) is 5.96 Å². The zero-order chi connectivity index (χ0) is 19.4. The molecule has 5 heteroatoms. The number of benzene rings is 1. The highest BCUT2D eigenvalue weighted by molar-refractivity contribution is 5.80. The summed E-state index contributed by atoms with van der Waals surface area (Å²) in [6.45, 7) is 12.5. The van der Waals surface area contributed by atoms with E-state index in [1.807, 2.05) is 0 Å². The van der Waals surface area contributed by atoms with E-state index in [0.717, 1.165) is 71.3 Å². The van der Waals surface area contributed by atoms with Crippen LogP contribution in [0.1, 0.15) is 44.2 Å². The van der Waals surface area contributed by atoms with Crippen molar-refractivity contribution in [1.82, 2.24) is 15.1 Å². The molecule has 1 spiro atoms. The van der Waals surface area contributed by atoms with Crippen LogP contribution in [0.4, 0.5) is 0 Å². The molecular formula is C23H36N4O. The molecule has 1 aromatic rings. The molecule has 3 aliphatic rings. The number of hydrogen-bond acceptors (Lipinski definition) is 3. The van der Waals surface area contributed by atoms with Crippen LogP contribution in [-0.2, 0) is 17.7 Å². The maximum Gasteiger partial charge on any atom is 0.193 e. The summed E-state index contributed by atoms with van der Waals surface area (Å²) in [5.74, 6) is 1.10. The molecule has 28 heavy (non-hydrogen) atoms. The van der Waals surface area contributed by atoms with E-state index < -0.39 is 0 Å². The highest BCUT2D eigenvalue weighted by atomic mass is 16.5. The maximum absolute atomic E-state index is 5.70. The molecule has 2 atom stereocenters. The van der Waals surface area contributed by atoms with Crippen molar-refractivity contribution in [3.05, 3.63) is 35.4 Å². The van der Waals surface area contributed by atoms with Crippen molar-refractivity contribution >= 4 is 5.96 Å². The minimum absolute atomic E-state index is 0.372. The van der Waals surface area contributed by atoms with Crippen LogP contribution in [0.3, 0.4) is 0 Å². The normalized spacial score (nSPS) is 26.6. The highest BCUT2D eigenvalue weighted by Crippen LogP contribution is 2.38. The largest absolute Gasteiger partial charge is 0.381 e. The van der Waals surface area contributed by atoms with Gasteiger partial charge in [0.05, 0.1) is 13.2 Å². The van der Waals surface area contributed by atoms with Crippen LogP contribution in [0.2, 0.25) is 0 Å². The van der Waals surface area contributed by atoms with Gasteiger partial charge in [0, 0.05) is 50.8 Å². The predicted octanol–water partition coefficient (Wildman–Crippen LogP) is 2.90. The Hall–Kier alpha value is -1.59. The second-order valence-corrected chi connectivity index (χ2v) is 8.72. The van der Waals surface area contributed by atoms with E-state index in [1.54, 1.807) is 0 Å². The molecule has 1 N–H and O–H groups in total. The molecule has 4 rings (SSSR count). The average Bonchev–Trinajstić information content (AvgIpc) is 3.37. The van der Waals surface area contributed by atoms with Gasteiger partial charge < -0.3 is 15.0 Å². The summed E-state index contributed by atoms with van der Waals surface area (Å²) >= 11 is 0. The van der Waals surface area contributed by atoms with E-state index in [9.17, 15) is 0 Å². The van der Waals surface area contributed by atoms with Gasteiger partial charge in [-0.05, 0) is 43.7 Å². The lowest BCUT2D eigenvalue weighted by Crippen LogP contribution is -2.44. The van der Waals surface area contributed by atoms with Gasteiger partial charge in [0.25, 0.3) is 0 Å². The van der Waals surface area contributed by atoms with E-state index in [4.69, 9.17) is 9.73 Å². The summed E-state index contributed by atoms with van der Waals surface area (Å²) in [7, 11) is 0. The molecule has 3 aliphatic heterocycles. The van der Waals surface area contributed by atoms with Gasteiger partial charge in [0.1, 0.15) is 0 Å². The topological polar surface area (TPSA) is 40.1 Å². The number of rotatable bonds is 5.